The van der Waals surface area contributed by atoms with E-state index in [0.717, 1.165) is 21.8 Å². The molecule has 0 spiro atoms. The molecule has 0 unspecified atom stereocenters. The second-order valence-corrected chi connectivity index (χ2v) is 4.52. The van der Waals surface area contributed by atoms with Gasteiger partial charge in [0.1, 0.15) is 0 Å². The quantitative estimate of drug-likeness (QED) is 0.581. The Bertz CT molecular complexity index is 754. The highest BCUT2D eigenvalue weighted by molar-refractivity contribution is 6.16. The lowest BCUT2D eigenvalue weighted by Gasteiger charge is -2.10. The van der Waals surface area contributed by atoms with Crippen LogP contribution in [0.3, 0.4) is 0 Å². The second kappa shape index (κ2) is 5.13. The van der Waals surface area contributed by atoms with Crippen molar-refractivity contribution in [2.24, 2.45) is 0 Å². The third kappa shape index (κ3) is 2.03. The first-order valence-electron chi connectivity index (χ1n) is 6.48. The van der Waals surface area contributed by atoms with Gasteiger partial charge in [-0.1, -0.05) is 42.5 Å². The molecule has 0 aliphatic rings. The zero-order chi connectivity index (χ0) is 13.9. The number of carbonyl (C=O) groups excluding carboxylic acids is 1. The Morgan fingerprint density at radius 2 is 1.60 bits per heavy atom. The van der Waals surface area contributed by atoms with Crippen molar-refractivity contribution in [2.75, 3.05) is 6.54 Å². The number of para-hydroxylation sites is 2. The normalized spacial score (nSPS) is 10.6. The predicted molar refractivity (Wildman–Crippen MR) is 81.8 cm³/mol. The summed E-state index contributed by atoms with van der Waals surface area (Å²) in [7, 11) is 0. The third-order valence-corrected chi connectivity index (χ3v) is 3.22. The fourth-order valence-electron chi connectivity index (χ4n) is 2.34. The molecule has 0 aliphatic carbocycles. The molecular weight excluding hydrogens is 248 g/mol. The van der Waals surface area contributed by atoms with E-state index >= 15 is 0 Å². The van der Waals surface area contributed by atoms with E-state index in [4.69, 9.17) is 0 Å². The number of nitrogens with one attached hydrogen (secondary N) is 1. The molecule has 1 heterocycles. The Kier molecular flexibility index (Phi) is 3.17. The Hall–Kier alpha value is -2.68. The molecule has 3 nitrogen and oxygen atoms in total. The number of pyridine rings is 1. The molecule has 0 saturated carbocycles. The van der Waals surface area contributed by atoms with Crippen LogP contribution in [0.25, 0.3) is 21.8 Å². The summed E-state index contributed by atoms with van der Waals surface area (Å²) >= 11 is 0. The van der Waals surface area contributed by atoms with Gasteiger partial charge in [0.25, 0.3) is 5.91 Å². The van der Waals surface area contributed by atoms with E-state index < -0.39 is 0 Å². The molecule has 0 atom stereocenters. The van der Waals surface area contributed by atoms with Crippen molar-refractivity contribution < 1.29 is 4.79 Å². The maximum atomic E-state index is 12.4. The Morgan fingerprint density at radius 1 is 1.05 bits per heavy atom. The first-order valence-corrected chi connectivity index (χ1v) is 6.48. The van der Waals surface area contributed by atoms with Crippen LogP contribution in [0.5, 0.6) is 0 Å². The number of carbonyl (C=O) groups is 1. The molecule has 0 radical (unpaired) electrons. The van der Waals surface area contributed by atoms with Crippen LogP contribution in [0, 0.1) is 0 Å². The van der Waals surface area contributed by atoms with Gasteiger partial charge in [0, 0.05) is 17.3 Å². The number of fused-ring (bicyclic) bond motifs is 2. The number of nitrogens with zero attached hydrogens (tertiary/aromatic N) is 1. The van der Waals surface area contributed by atoms with Gasteiger partial charge in [-0.2, -0.15) is 0 Å². The van der Waals surface area contributed by atoms with Crippen LogP contribution >= 0.6 is 0 Å². The van der Waals surface area contributed by atoms with E-state index in [-0.39, 0.29) is 5.91 Å². The first kappa shape index (κ1) is 12.4. The lowest BCUT2D eigenvalue weighted by molar-refractivity contribution is 0.0961. The third-order valence-electron chi connectivity index (χ3n) is 3.22. The van der Waals surface area contributed by atoms with Gasteiger partial charge in [0.2, 0.25) is 0 Å². The molecule has 1 N–H and O–H groups in total. The van der Waals surface area contributed by atoms with Crippen LogP contribution in [0.2, 0.25) is 0 Å². The fraction of sp³-hybridized carbons (Fsp3) is 0.0588. The van der Waals surface area contributed by atoms with Crippen LogP contribution in [0.15, 0.2) is 61.2 Å². The Morgan fingerprint density at radius 3 is 2.15 bits per heavy atom. The summed E-state index contributed by atoms with van der Waals surface area (Å²) in [6.07, 6.45) is 1.67. The molecule has 0 bridgehead atoms. The molecule has 3 aromatic rings. The van der Waals surface area contributed by atoms with Gasteiger partial charge >= 0.3 is 0 Å². The summed E-state index contributed by atoms with van der Waals surface area (Å²) in [4.78, 5) is 17.0. The molecule has 0 aliphatic heterocycles. The van der Waals surface area contributed by atoms with Crippen LogP contribution in [-0.4, -0.2) is 17.4 Å². The highest BCUT2D eigenvalue weighted by atomic mass is 16.1. The number of rotatable bonds is 3. The molecule has 1 aromatic heterocycles. The van der Waals surface area contributed by atoms with E-state index in [1.165, 1.54) is 0 Å². The van der Waals surface area contributed by atoms with Gasteiger partial charge in [0.15, 0.2) is 0 Å². The van der Waals surface area contributed by atoms with Gasteiger partial charge in [-0.3, -0.25) is 4.79 Å². The standard InChI is InChI=1S/C17H14N2O/c1-2-11-18-17(20)16-12-7-3-5-9-14(12)19-15-10-6-4-8-13(15)16/h2-10H,1,11H2,(H,18,20). The molecule has 0 saturated heterocycles. The van der Waals surface area contributed by atoms with E-state index in [2.05, 4.69) is 16.9 Å². The summed E-state index contributed by atoms with van der Waals surface area (Å²) in [5.74, 6) is -0.0975. The minimum absolute atomic E-state index is 0.0975. The minimum atomic E-state index is -0.0975. The number of hydrogen-bond acceptors (Lipinski definition) is 2. The number of aromatic nitrogens is 1. The van der Waals surface area contributed by atoms with Crippen molar-refractivity contribution in [3.63, 3.8) is 0 Å². The number of hydrogen-bond donors (Lipinski definition) is 1. The fourth-order valence-corrected chi connectivity index (χ4v) is 2.34. The summed E-state index contributed by atoms with van der Waals surface area (Å²) in [6.45, 7) is 4.07. The lowest BCUT2D eigenvalue weighted by atomic mass is 10.0. The van der Waals surface area contributed by atoms with E-state index in [9.17, 15) is 4.79 Å². The maximum absolute atomic E-state index is 12.4. The predicted octanol–water partition coefficient (Wildman–Crippen LogP) is 3.30. The van der Waals surface area contributed by atoms with Crippen LogP contribution < -0.4 is 5.32 Å². The molecule has 3 heteroatoms. The monoisotopic (exact) mass is 262 g/mol. The van der Waals surface area contributed by atoms with E-state index in [1.807, 2.05) is 48.5 Å². The van der Waals surface area contributed by atoms with Crippen molar-refractivity contribution >= 4 is 27.7 Å². The zero-order valence-corrected chi connectivity index (χ0v) is 11.0. The van der Waals surface area contributed by atoms with Crippen molar-refractivity contribution in [2.45, 2.75) is 0 Å². The number of amides is 1. The molecule has 3 rings (SSSR count). The molecular formula is C17H14N2O. The van der Waals surface area contributed by atoms with Crippen molar-refractivity contribution in [1.82, 2.24) is 10.3 Å². The van der Waals surface area contributed by atoms with Crippen LogP contribution in [0.4, 0.5) is 0 Å². The largest absolute Gasteiger partial charge is 0.349 e. The SMILES string of the molecule is C=CCNC(=O)c1c2ccccc2nc2ccccc12. The lowest BCUT2D eigenvalue weighted by Crippen LogP contribution is -2.23. The van der Waals surface area contributed by atoms with Crippen molar-refractivity contribution in [3.05, 3.63) is 66.7 Å². The molecule has 1 amide bonds. The average molecular weight is 262 g/mol. The summed E-state index contributed by atoms with van der Waals surface area (Å²) < 4.78 is 0. The first-order chi connectivity index (χ1) is 9.81. The molecule has 2 aromatic carbocycles. The van der Waals surface area contributed by atoms with Gasteiger partial charge in [-0.25, -0.2) is 4.98 Å². The van der Waals surface area contributed by atoms with Gasteiger partial charge < -0.3 is 5.32 Å². The average Bonchev–Trinajstić information content (AvgIpc) is 2.50. The van der Waals surface area contributed by atoms with Crippen molar-refractivity contribution in [1.29, 1.82) is 0 Å². The maximum Gasteiger partial charge on any atom is 0.252 e. The number of benzene rings is 2. The minimum Gasteiger partial charge on any atom is -0.349 e. The van der Waals surface area contributed by atoms with Crippen molar-refractivity contribution in [3.8, 4) is 0 Å². The Labute approximate surface area is 116 Å². The molecule has 98 valence electrons. The van der Waals surface area contributed by atoms with E-state index in [0.29, 0.717) is 12.1 Å². The van der Waals surface area contributed by atoms with Gasteiger partial charge in [0.05, 0.1) is 16.6 Å². The van der Waals surface area contributed by atoms with Gasteiger partial charge in [-0.15, -0.1) is 6.58 Å². The zero-order valence-electron chi connectivity index (χ0n) is 11.0. The molecule has 20 heavy (non-hydrogen) atoms. The topological polar surface area (TPSA) is 42.0 Å². The summed E-state index contributed by atoms with van der Waals surface area (Å²) in [5.41, 5.74) is 2.33. The summed E-state index contributed by atoms with van der Waals surface area (Å²) in [5, 5.41) is 4.58. The van der Waals surface area contributed by atoms with E-state index in [1.54, 1.807) is 6.08 Å². The highest BCUT2D eigenvalue weighted by Gasteiger charge is 2.14. The second-order valence-electron chi connectivity index (χ2n) is 4.52. The van der Waals surface area contributed by atoms with Gasteiger partial charge in [-0.05, 0) is 12.1 Å². The van der Waals surface area contributed by atoms with Crippen LogP contribution in [0.1, 0.15) is 10.4 Å². The summed E-state index contributed by atoms with van der Waals surface area (Å²) in [6, 6.07) is 15.4. The molecule has 0 fully saturated rings. The Balaban J connectivity index is 2.33. The highest BCUT2D eigenvalue weighted by Crippen LogP contribution is 2.25. The smallest absolute Gasteiger partial charge is 0.252 e. The van der Waals surface area contributed by atoms with Crippen LogP contribution in [-0.2, 0) is 0 Å².